The molecular weight excluding hydrogens is 308 g/mol. The molecule has 1 atom stereocenters. The average Bonchev–Trinajstić information content (AvgIpc) is 2.62. The number of nitrogens with zero attached hydrogens (tertiary/aromatic N) is 2. The molecule has 0 spiro atoms. The van der Waals surface area contributed by atoms with Crippen LogP contribution in [0, 0.1) is 6.92 Å². The third-order valence-electron chi connectivity index (χ3n) is 3.26. The molecule has 6 heteroatoms. The number of azo groups is 1. The van der Waals surface area contributed by atoms with Crippen LogP contribution in [0.2, 0.25) is 0 Å². The van der Waals surface area contributed by atoms with Crippen molar-refractivity contribution in [1.82, 2.24) is 0 Å². The van der Waals surface area contributed by atoms with E-state index >= 15 is 0 Å². The Bertz CT molecular complexity index is 767. The van der Waals surface area contributed by atoms with Crippen LogP contribution in [-0.2, 0) is 14.3 Å². The molecule has 0 heterocycles. The standard InChI is InChI=1S/C18H16N2O4/c1-12-8-10-13(11-9-12)16(21)15(17(22)18(23)24-2)20-19-14-6-4-3-5-7-14/h3-11,15H,1-2H3. The van der Waals surface area contributed by atoms with Gasteiger partial charge in [0.15, 0.2) is 5.78 Å². The number of ether oxygens (including phenoxy) is 1. The number of rotatable bonds is 6. The van der Waals surface area contributed by atoms with E-state index in [-0.39, 0.29) is 5.56 Å². The monoisotopic (exact) mass is 324 g/mol. The van der Waals surface area contributed by atoms with E-state index in [1.165, 1.54) is 0 Å². The van der Waals surface area contributed by atoms with Crippen molar-refractivity contribution in [2.75, 3.05) is 7.11 Å². The summed E-state index contributed by atoms with van der Waals surface area (Å²) < 4.78 is 4.41. The highest BCUT2D eigenvalue weighted by atomic mass is 16.5. The average molecular weight is 324 g/mol. The predicted molar refractivity (Wildman–Crippen MR) is 87.3 cm³/mol. The third-order valence-corrected chi connectivity index (χ3v) is 3.26. The Morgan fingerprint density at radius 1 is 0.958 bits per heavy atom. The summed E-state index contributed by atoms with van der Waals surface area (Å²) in [5.74, 6) is -2.79. The van der Waals surface area contributed by atoms with Crippen LogP contribution in [0.3, 0.4) is 0 Å². The molecule has 24 heavy (non-hydrogen) atoms. The minimum atomic E-state index is -1.57. The number of aryl methyl sites for hydroxylation is 1. The molecule has 0 fully saturated rings. The molecule has 0 N–H and O–H groups in total. The van der Waals surface area contributed by atoms with Gasteiger partial charge in [0, 0.05) is 5.56 Å². The van der Waals surface area contributed by atoms with Crippen molar-refractivity contribution in [3.8, 4) is 0 Å². The highest BCUT2D eigenvalue weighted by Crippen LogP contribution is 2.15. The molecule has 0 bridgehead atoms. The molecule has 0 radical (unpaired) electrons. The van der Waals surface area contributed by atoms with Gasteiger partial charge >= 0.3 is 5.97 Å². The number of hydrogen-bond acceptors (Lipinski definition) is 6. The highest BCUT2D eigenvalue weighted by Gasteiger charge is 2.33. The molecule has 2 aromatic carbocycles. The molecule has 1 unspecified atom stereocenters. The van der Waals surface area contributed by atoms with Crippen LogP contribution in [-0.4, -0.2) is 30.7 Å². The van der Waals surface area contributed by atoms with Gasteiger partial charge in [-0.2, -0.15) is 10.2 Å². The van der Waals surface area contributed by atoms with Crippen molar-refractivity contribution in [2.24, 2.45) is 10.2 Å². The Morgan fingerprint density at radius 2 is 1.58 bits per heavy atom. The molecule has 6 nitrogen and oxygen atoms in total. The van der Waals surface area contributed by atoms with Crippen LogP contribution in [0.1, 0.15) is 15.9 Å². The number of carbonyl (C=O) groups excluding carboxylic acids is 3. The van der Waals surface area contributed by atoms with Gasteiger partial charge in [-0.05, 0) is 19.1 Å². The summed E-state index contributed by atoms with van der Waals surface area (Å²) in [6.07, 6.45) is 0. The van der Waals surface area contributed by atoms with Crippen molar-refractivity contribution >= 4 is 23.2 Å². The number of hydrogen-bond donors (Lipinski definition) is 0. The lowest BCUT2D eigenvalue weighted by Crippen LogP contribution is -2.34. The first-order valence-electron chi connectivity index (χ1n) is 7.22. The molecule has 0 saturated heterocycles. The summed E-state index contributed by atoms with van der Waals surface area (Å²) in [6, 6.07) is 13.7. The second kappa shape index (κ2) is 7.92. The van der Waals surface area contributed by atoms with E-state index in [1.54, 1.807) is 54.6 Å². The number of methoxy groups -OCH3 is 1. The Morgan fingerprint density at radius 3 is 2.17 bits per heavy atom. The van der Waals surface area contributed by atoms with Gasteiger partial charge in [0.25, 0.3) is 5.78 Å². The number of ketones is 2. The van der Waals surface area contributed by atoms with Crippen molar-refractivity contribution in [3.63, 3.8) is 0 Å². The maximum absolute atomic E-state index is 12.6. The molecule has 0 aliphatic carbocycles. The maximum atomic E-state index is 12.6. The van der Waals surface area contributed by atoms with Gasteiger partial charge < -0.3 is 4.74 Å². The van der Waals surface area contributed by atoms with E-state index in [2.05, 4.69) is 15.0 Å². The van der Waals surface area contributed by atoms with E-state index in [4.69, 9.17) is 0 Å². The van der Waals surface area contributed by atoms with Crippen molar-refractivity contribution in [2.45, 2.75) is 13.0 Å². The van der Waals surface area contributed by atoms with Gasteiger partial charge in [-0.1, -0.05) is 48.0 Å². The molecular formula is C18H16N2O4. The Labute approximate surface area is 139 Å². The third kappa shape index (κ3) is 4.19. The Hall–Kier alpha value is -3.15. The summed E-state index contributed by atoms with van der Waals surface area (Å²) in [7, 11) is 1.07. The first kappa shape index (κ1) is 17.2. The van der Waals surface area contributed by atoms with Crippen LogP contribution in [0.4, 0.5) is 5.69 Å². The minimum absolute atomic E-state index is 0.273. The van der Waals surface area contributed by atoms with E-state index in [1.807, 2.05) is 6.92 Å². The molecule has 0 aliphatic rings. The first-order chi connectivity index (χ1) is 11.5. The van der Waals surface area contributed by atoms with Crippen LogP contribution in [0.15, 0.2) is 64.8 Å². The van der Waals surface area contributed by atoms with Crippen molar-refractivity contribution < 1.29 is 19.1 Å². The maximum Gasteiger partial charge on any atom is 0.377 e. The van der Waals surface area contributed by atoms with Gasteiger partial charge in [-0.25, -0.2) is 4.79 Å². The molecule has 0 saturated carbocycles. The smallest absolute Gasteiger partial charge is 0.377 e. The first-order valence-corrected chi connectivity index (χ1v) is 7.22. The fraction of sp³-hybridized carbons (Fsp3) is 0.167. The van der Waals surface area contributed by atoms with E-state index in [0.717, 1.165) is 12.7 Å². The number of esters is 1. The second-order valence-electron chi connectivity index (χ2n) is 5.04. The van der Waals surface area contributed by atoms with Crippen LogP contribution < -0.4 is 0 Å². The molecule has 2 rings (SSSR count). The summed E-state index contributed by atoms with van der Waals surface area (Å²) >= 11 is 0. The molecule has 0 aliphatic heterocycles. The lowest BCUT2D eigenvalue weighted by atomic mass is 10.0. The lowest BCUT2D eigenvalue weighted by molar-refractivity contribution is -0.151. The van der Waals surface area contributed by atoms with E-state index in [0.29, 0.717) is 5.69 Å². The van der Waals surface area contributed by atoms with E-state index in [9.17, 15) is 14.4 Å². The fourth-order valence-corrected chi connectivity index (χ4v) is 1.93. The fourth-order valence-electron chi connectivity index (χ4n) is 1.93. The Kier molecular flexibility index (Phi) is 5.68. The summed E-state index contributed by atoms with van der Waals surface area (Å²) in [6.45, 7) is 1.88. The van der Waals surface area contributed by atoms with Crippen LogP contribution in [0.25, 0.3) is 0 Å². The minimum Gasteiger partial charge on any atom is -0.463 e. The summed E-state index contributed by atoms with van der Waals surface area (Å²) in [4.78, 5) is 36.2. The predicted octanol–water partition coefficient (Wildman–Crippen LogP) is 3.07. The quantitative estimate of drug-likeness (QED) is 0.269. The van der Waals surface area contributed by atoms with Crippen LogP contribution >= 0.6 is 0 Å². The largest absolute Gasteiger partial charge is 0.463 e. The van der Waals surface area contributed by atoms with Gasteiger partial charge in [0.1, 0.15) is 0 Å². The van der Waals surface area contributed by atoms with Crippen LogP contribution in [0.5, 0.6) is 0 Å². The second-order valence-corrected chi connectivity index (χ2v) is 5.04. The highest BCUT2D eigenvalue weighted by molar-refractivity contribution is 6.41. The Balaban J connectivity index is 2.33. The lowest BCUT2D eigenvalue weighted by Gasteiger charge is -2.08. The zero-order chi connectivity index (χ0) is 17.5. The normalized spacial score (nSPS) is 11.9. The molecule has 2 aromatic rings. The number of carbonyl (C=O) groups is 3. The van der Waals surface area contributed by atoms with Gasteiger partial charge in [0.05, 0.1) is 12.8 Å². The zero-order valence-corrected chi connectivity index (χ0v) is 13.3. The zero-order valence-electron chi connectivity index (χ0n) is 13.3. The molecule has 0 amide bonds. The van der Waals surface area contributed by atoms with Gasteiger partial charge in [-0.3, -0.25) is 9.59 Å². The van der Waals surface area contributed by atoms with Gasteiger partial charge in [0.2, 0.25) is 6.04 Å². The van der Waals surface area contributed by atoms with Crippen molar-refractivity contribution in [1.29, 1.82) is 0 Å². The number of Topliss-reactive ketones (excluding diaryl/α,β-unsaturated/α-hetero) is 2. The molecule has 122 valence electrons. The topological polar surface area (TPSA) is 85.2 Å². The number of benzene rings is 2. The van der Waals surface area contributed by atoms with E-state index < -0.39 is 23.6 Å². The SMILES string of the molecule is COC(=O)C(=O)C(N=Nc1ccccc1)C(=O)c1ccc(C)cc1. The van der Waals surface area contributed by atoms with Crippen molar-refractivity contribution in [3.05, 3.63) is 65.7 Å². The summed E-state index contributed by atoms with van der Waals surface area (Å²) in [5.41, 5.74) is 1.71. The molecule has 0 aromatic heterocycles. The summed E-state index contributed by atoms with van der Waals surface area (Å²) in [5, 5.41) is 7.67. The van der Waals surface area contributed by atoms with Gasteiger partial charge in [-0.15, -0.1) is 0 Å².